The van der Waals surface area contributed by atoms with Crippen LogP contribution in [0, 0.1) is 0 Å². The molecule has 3 aliphatic rings. The number of rotatable bonds is 2. The van der Waals surface area contributed by atoms with Gasteiger partial charge in [-0.05, 0) is 43.4 Å². The van der Waals surface area contributed by atoms with Crippen molar-refractivity contribution in [3.05, 3.63) is 40.7 Å². The Labute approximate surface area is 176 Å². The zero-order valence-electron chi connectivity index (χ0n) is 16.7. The van der Waals surface area contributed by atoms with Gasteiger partial charge in [0.2, 0.25) is 5.91 Å². The maximum atomic E-state index is 13.7. The summed E-state index contributed by atoms with van der Waals surface area (Å²) in [6.07, 6.45) is 1.21. The zero-order valence-corrected chi connectivity index (χ0v) is 16.7. The second-order valence-electron chi connectivity index (χ2n) is 8.36. The number of hydrogen-bond donors (Lipinski definition) is 3. The molecule has 4 heterocycles. The Morgan fingerprint density at radius 3 is 2.74 bits per heavy atom. The van der Waals surface area contributed by atoms with E-state index in [2.05, 4.69) is 32.6 Å². The first kappa shape index (κ1) is 20.0. The SMILES string of the molecule is O=C1C[C@](O)(C(F)(F)F)c2c(n[nH]c2C2CCN(c3ccc4c(n3)C=CCC4)CC2)N1. The van der Waals surface area contributed by atoms with Crippen LogP contribution in [0.4, 0.5) is 24.8 Å². The molecule has 164 valence electrons. The highest BCUT2D eigenvalue weighted by molar-refractivity contribution is 5.94. The third kappa shape index (κ3) is 3.29. The summed E-state index contributed by atoms with van der Waals surface area (Å²) in [5.41, 5.74) is -1.15. The van der Waals surface area contributed by atoms with Crippen LogP contribution >= 0.6 is 0 Å². The highest BCUT2D eigenvalue weighted by atomic mass is 19.4. The van der Waals surface area contributed by atoms with Crippen LogP contribution in [-0.4, -0.2) is 45.5 Å². The molecule has 0 bridgehead atoms. The molecule has 2 aromatic heterocycles. The Bertz CT molecular complexity index is 1060. The minimum absolute atomic E-state index is 0.239. The molecule has 1 aliphatic carbocycles. The van der Waals surface area contributed by atoms with Crippen LogP contribution < -0.4 is 10.2 Å². The molecule has 0 radical (unpaired) electrons. The highest BCUT2D eigenvalue weighted by Gasteiger charge is 2.61. The molecule has 31 heavy (non-hydrogen) atoms. The van der Waals surface area contributed by atoms with Crippen LogP contribution in [0.15, 0.2) is 18.2 Å². The molecule has 10 heteroatoms. The van der Waals surface area contributed by atoms with Gasteiger partial charge in [-0.2, -0.15) is 18.3 Å². The summed E-state index contributed by atoms with van der Waals surface area (Å²) in [5.74, 6) is -0.535. The van der Waals surface area contributed by atoms with Crippen LogP contribution in [0.5, 0.6) is 0 Å². The molecule has 5 rings (SSSR count). The molecule has 1 fully saturated rings. The smallest absolute Gasteiger partial charge is 0.376 e. The van der Waals surface area contributed by atoms with E-state index in [0.717, 1.165) is 24.4 Å². The molecule has 7 nitrogen and oxygen atoms in total. The van der Waals surface area contributed by atoms with E-state index in [1.807, 2.05) is 12.1 Å². The summed E-state index contributed by atoms with van der Waals surface area (Å²) in [7, 11) is 0. The number of hydrogen-bond acceptors (Lipinski definition) is 5. The Balaban J connectivity index is 1.38. The van der Waals surface area contributed by atoms with E-state index in [1.165, 1.54) is 5.56 Å². The number of halogens is 3. The quantitative estimate of drug-likeness (QED) is 0.676. The van der Waals surface area contributed by atoms with Crippen molar-refractivity contribution < 1.29 is 23.1 Å². The van der Waals surface area contributed by atoms with Crippen molar-refractivity contribution in [2.45, 2.75) is 49.8 Å². The van der Waals surface area contributed by atoms with E-state index in [9.17, 15) is 23.1 Å². The largest absolute Gasteiger partial charge is 0.422 e. The topological polar surface area (TPSA) is 94.1 Å². The number of aryl methyl sites for hydroxylation is 1. The monoisotopic (exact) mass is 433 g/mol. The number of alkyl halides is 3. The predicted octanol–water partition coefficient (Wildman–Crippen LogP) is 3.24. The Morgan fingerprint density at radius 2 is 2.00 bits per heavy atom. The summed E-state index contributed by atoms with van der Waals surface area (Å²) < 4.78 is 41.2. The van der Waals surface area contributed by atoms with E-state index >= 15 is 0 Å². The number of pyridine rings is 1. The second kappa shape index (κ2) is 7.08. The van der Waals surface area contributed by atoms with Crippen LogP contribution in [0.25, 0.3) is 6.08 Å². The van der Waals surface area contributed by atoms with Gasteiger partial charge in [0.25, 0.3) is 0 Å². The number of allylic oxidation sites excluding steroid dienone is 1. The Morgan fingerprint density at radius 1 is 1.23 bits per heavy atom. The van der Waals surface area contributed by atoms with E-state index in [1.54, 1.807) is 0 Å². The molecular weight excluding hydrogens is 411 g/mol. The summed E-state index contributed by atoms with van der Waals surface area (Å²) in [5, 5.41) is 19.4. The van der Waals surface area contributed by atoms with E-state index in [-0.39, 0.29) is 23.0 Å². The summed E-state index contributed by atoms with van der Waals surface area (Å²) in [6.45, 7) is 1.23. The fraction of sp³-hybridized carbons (Fsp3) is 0.476. The van der Waals surface area contributed by atoms with Gasteiger partial charge in [0.1, 0.15) is 5.82 Å². The molecule has 3 N–H and O–H groups in total. The number of H-pyrrole nitrogens is 1. The molecule has 1 saturated heterocycles. The molecule has 2 aliphatic heterocycles. The number of nitrogens with one attached hydrogen (secondary N) is 2. The lowest BCUT2D eigenvalue weighted by molar-refractivity contribution is -0.267. The van der Waals surface area contributed by atoms with E-state index < -0.39 is 24.1 Å². The average Bonchev–Trinajstić information content (AvgIpc) is 3.17. The number of nitrogens with zero attached hydrogens (tertiary/aromatic N) is 3. The molecule has 0 saturated carbocycles. The van der Waals surface area contributed by atoms with Crippen LogP contribution in [0.2, 0.25) is 0 Å². The fourth-order valence-corrected chi connectivity index (χ4v) is 4.75. The maximum Gasteiger partial charge on any atom is 0.422 e. The van der Waals surface area contributed by atoms with Crippen molar-refractivity contribution >= 4 is 23.6 Å². The Hall–Kier alpha value is -2.88. The van der Waals surface area contributed by atoms with Crippen molar-refractivity contribution in [3.8, 4) is 0 Å². The standard InChI is InChI=1S/C21H22F3N5O2/c22-21(23,24)20(31)11-16(30)26-19-17(20)18(27-28-19)13-7-9-29(10-8-13)15-6-5-12-3-1-2-4-14(12)25-15/h2,4-6,13,31H,1,3,7-11H2,(H2,26,27,28,30)/t20-/m1/s1. The molecule has 1 amide bonds. The van der Waals surface area contributed by atoms with Gasteiger partial charge in [0.05, 0.1) is 17.7 Å². The number of aromatic amines is 1. The summed E-state index contributed by atoms with van der Waals surface area (Å²) in [6, 6.07) is 4.08. The van der Waals surface area contributed by atoms with Gasteiger partial charge in [-0.1, -0.05) is 12.1 Å². The van der Waals surface area contributed by atoms with Crippen molar-refractivity contribution in [3.63, 3.8) is 0 Å². The first-order chi connectivity index (χ1) is 14.8. The van der Waals surface area contributed by atoms with Gasteiger partial charge in [-0.15, -0.1) is 0 Å². The molecular formula is C21H22F3N5O2. The van der Waals surface area contributed by atoms with Gasteiger partial charge in [0, 0.05) is 24.7 Å². The number of aromatic nitrogens is 3. The number of carbonyl (C=O) groups is 1. The normalized spacial score (nSPS) is 24.0. The number of amides is 1. The number of fused-ring (bicyclic) bond motifs is 2. The number of anilines is 2. The van der Waals surface area contributed by atoms with Gasteiger partial charge in [0.15, 0.2) is 11.4 Å². The molecule has 0 aromatic carbocycles. The molecule has 0 spiro atoms. The average molecular weight is 433 g/mol. The predicted molar refractivity (Wildman–Crippen MR) is 108 cm³/mol. The van der Waals surface area contributed by atoms with Gasteiger partial charge in [-0.3, -0.25) is 9.89 Å². The van der Waals surface area contributed by atoms with Crippen molar-refractivity contribution in [2.24, 2.45) is 0 Å². The van der Waals surface area contributed by atoms with Crippen LogP contribution in [0.1, 0.15) is 54.1 Å². The molecule has 2 aromatic rings. The van der Waals surface area contributed by atoms with E-state index in [4.69, 9.17) is 4.98 Å². The fourth-order valence-electron chi connectivity index (χ4n) is 4.75. The first-order valence-corrected chi connectivity index (χ1v) is 10.4. The lowest BCUT2D eigenvalue weighted by atomic mass is 9.81. The molecule has 1 atom stereocenters. The van der Waals surface area contributed by atoms with Crippen LogP contribution in [0.3, 0.4) is 0 Å². The molecule has 0 unspecified atom stereocenters. The Kier molecular flexibility index (Phi) is 4.58. The third-order valence-electron chi connectivity index (χ3n) is 6.43. The number of piperidine rings is 1. The van der Waals surface area contributed by atoms with Gasteiger partial charge >= 0.3 is 6.18 Å². The number of aliphatic hydroxyl groups is 1. The minimum Gasteiger partial charge on any atom is -0.376 e. The second-order valence-corrected chi connectivity index (χ2v) is 8.36. The maximum absolute atomic E-state index is 13.7. The highest BCUT2D eigenvalue weighted by Crippen LogP contribution is 2.49. The van der Waals surface area contributed by atoms with Crippen molar-refractivity contribution in [2.75, 3.05) is 23.3 Å². The van der Waals surface area contributed by atoms with E-state index in [0.29, 0.717) is 25.9 Å². The first-order valence-electron chi connectivity index (χ1n) is 10.4. The third-order valence-corrected chi connectivity index (χ3v) is 6.43. The summed E-state index contributed by atoms with van der Waals surface area (Å²) in [4.78, 5) is 18.6. The van der Waals surface area contributed by atoms with Crippen LogP contribution in [-0.2, 0) is 16.8 Å². The van der Waals surface area contributed by atoms with Crippen molar-refractivity contribution in [1.29, 1.82) is 0 Å². The van der Waals surface area contributed by atoms with Gasteiger partial charge in [-0.25, -0.2) is 4.98 Å². The van der Waals surface area contributed by atoms with Crippen molar-refractivity contribution in [1.82, 2.24) is 15.2 Å². The number of carbonyl (C=O) groups excluding carboxylic acids is 1. The minimum atomic E-state index is -4.99. The summed E-state index contributed by atoms with van der Waals surface area (Å²) >= 11 is 0. The lowest BCUT2D eigenvalue weighted by Gasteiger charge is -2.37. The lowest BCUT2D eigenvalue weighted by Crippen LogP contribution is -2.49. The van der Waals surface area contributed by atoms with Gasteiger partial charge < -0.3 is 15.3 Å². The zero-order chi connectivity index (χ0) is 21.8.